The topological polar surface area (TPSA) is 0 Å². The molecule has 0 heteroatoms. The summed E-state index contributed by atoms with van der Waals surface area (Å²) in [6.45, 7) is 4.79. The van der Waals surface area contributed by atoms with Gasteiger partial charge in [0.15, 0.2) is 0 Å². The molecule has 3 aliphatic carbocycles. The monoisotopic (exact) mass is 284 g/mol. The van der Waals surface area contributed by atoms with Gasteiger partial charge in [0, 0.05) is 0 Å². The molecule has 0 N–H and O–H groups in total. The molecule has 1 aromatic rings. The fraction of sp³-hybridized carbons (Fsp3) is 0.714. The number of fused-ring (bicyclic) bond motifs is 3. The summed E-state index contributed by atoms with van der Waals surface area (Å²) in [4.78, 5) is 0. The van der Waals surface area contributed by atoms with E-state index in [-0.39, 0.29) is 0 Å². The summed E-state index contributed by atoms with van der Waals surface area (Å²) >= 11 is 0. The van der Waals surface area contributed by atoms with Gasteiger partial charge >= 0.3 is 0 Å². The second-order valence-electron chi connectivity index (χ2n) is 8.23. The molecule has 0 radical (unpaired) electrons. The summed E-state index contributed by atoms with van der Waals surface area (Å²) in [7, 11) is 0. The molecule has 0 unspecified atom stereocenters. The van der Waals surface area contributed by atoms with E-state index in [2.05, 4.69) is 38.1 Å². The zero-order chi connectivity index (χ0) is 14.8. The Labute approximate surface area is 131 Å². The molecular formula is C21H32. The van der Waals surface area contributed by atoms with E-state index in [0.29, 0.717) is 10.8 Å². The quantitative estimate of drug-likeness (QED) is 0.573. The summed E-state index contributed by atoms with van der Waals surface area (Å²) in [6.07, 6.45) is 15.6. The minimum atomic E-state index is 0.707. The van der Waals surface area contributed by atoms with E-state index < -0.39 is 0 Å². The first-order valence-corrected chi connectivity index (χ1v) is 9.21. The highest BCUT2D eigenvalue weighted by Gasteiger charge is 2.45. The highest BCUT2D eigenvalue weighted by Crippen LogP contribution is 2.58. The number of unbranched alkanes of at least 4 members (excludes halogenated alkanes) is 1. The van der Waals surface area contributed by atoms with Crippen molar-refractivity contribution in [3.05, 3.63) is 35.4 Å². The maximum Gasteiger partial charge on any atom is -0.0274 e. The van der Waals surface area contributed by atoms with Crippen molar-refractivity contribution in [2.45, 2.75) is 84.5 Å². The maximum atomic E-state index is 2.52. The van der Waals surface area contributed by atoms with Crippen molar-refractivity contribution in [2.24, 2.45) is 10.8 Å². The fourth-order valence-electron chi connectivity index (χ4n) is 4.49. The molecule has 4 rings (SSSR count). The first-order chi connectivity index (χ1) is 10.1. The van der Waals surface area contributed by atoms with Crippen LogP contribution in [0.2, 0.25) is 0 Å². The van der Waals surface area contributed by atoms with E-state index in [1.807, 2.05) is 0 Å². The Hall–Kier alpha value is -0.780. The molecule has 0 atom stereocenters. The van der Waals surface area contributed by atoms with Crippen molar-refractivity contribution in [3.63, 3.8) is 0 Å². The lowest BCUT2D eigenvalue weighted by atomic mass is 9.53. The first kappa shape index (κ1) is 15.1. The highest BCUT2D eigenvalue weighted by molar-refractivity contribution is 5.23. The molecule has 0 amide bonds. The molecule has 3 saturated carbocycles. The molecule has 0 spiro atoms. The van der Waals surface area contributed by atoms with Crippen LogP contribution in [-0.4, -0.2) is 0 Å². The van der Waals surface area contributed by atoms with Crippen LogP contribution in [0, 0.1) is 10.8 Å². The number of benzene rings is 1. The second-order valence-corrected chi connectivity index (χ2v) is 8.23. The lowest BCUT2D eigenvalue weighted by Gasteiger charge is -2.52. The third-order valence-corrected chi connectivity index (χ3v) is 6.56. The van der Waals surface area contributed by atoms with Crippen LogP contribution < -0.4 is 0 Å². The number of rotatable bonds is 6. The zero-order valence-electron chi connectivity index (χ0n) is 14.1. The molecule has 21 heavy (non-hydrogen) atoms. The molecule has 3 fully saturated rings. The van der Waals surface area contributed by atoms with E-state index in [4.69, 9.17) is 0 Å². The van der Waals surface area contributed by atoms with Crippen LogP contribution in [0.5, 0.6) is 0 Å². The van der Waals surface area contributed by atoms with Crippen LogP contribution in [0.1, 0.15) is 82.8 Å². The molecule has 3 aliphatic rings. The summed E-state index contributed by atoms with van der Waals surface area (Å²) < 4.78 is 0. The van der Waals surface area contributed by atoms with Crippen LogP contribution in [0.25, 0.3) is 0 Å². The largest absolute Gasteiger partial charge is 0.0654 e. The Morgan fingerprint density at radius 1 is 0.810 bits per heavy atom. The summed E-state index contributed by atoms with van der Waals surface area (Å²) in [5.41, 5.74) is 4.50. The van der Waals surface area contributed by atoms with E-state index in [1.54, 1.807) is 5.56 Å². The lowest BCUT2D eigenvalue weighted by Crippen LogP contribution is -2.40. The zero-order valence-corrected chi connectivity index (χ0v) is 14.1. The van der Waals surface area contributed by atoms with Gasteiger partial charge in [0.05, 0.1) is 0 Å². The van der Waals surface area contributed by atoms with Crippen molar-refractivity contribution in [1.82, 2.24) is 0 Å². The Balaban J connectivity index is 1.53. The first-order valence-electron chi connectivity index (χ1n) is 9.21. The highest BCUT2D eigenvalue weighted by atomic mass is 14.5. The minimum Gasteiger partial charge on any atom is -0.0654 e. The number of aryl methyl sites for hydroxylation is 2. The predicted octanol–water partition coefficient (Wildman–Crippen LogP) is 6.32. The van der Waals surface area contributed by atoms with Gasteiger partial charge in [-0.25, -0.2) is 0 Å². The Morgan fingerprint density at radius 3 is 1.86 bits per heavy atom. The van der Waals surface area contributed by atoms with Gasteiger partial charge in [-0.2, -0.15) is 0 Å². The van der Waals surface area contributed by atoms with Crippen LogP contribution in [0.4, 0.5) is 0 Å². The van der Waals surface area contributed by atoms with E-state index in [0.717, 1.165) is 0 Å². The summed E-state index contributed by atoms with van der Waals surface area (Å²) in [6, 6.07) is 9.50. The molecule has 2 bridgehead atoms. The van der Waals surface area contributed by atoms with Gasteiger partial charge in [0.2, 0.25) is 0 Å². The van der Waals surface area contributed by atoms with Gasteiger partial charge in [-0.1, -0.05) is 44.5 Å². The minimum absolute atomic E-state index is 0.707. The predicted molar refractivity (Wildman–Crippen MR) is 91.6 cm³/mol. The van der Waals surface area contributed by atoms with E-state index in [9.17, 15) is 0 Å². The van der Waals surface area contributed by atoms with Gasteiger partial charge in [0.25, 0.3) is 0 Å². The number of hydrogen-bond acceptors (Lipinski definition) is 0. The standard InChI is InChI=1S/C21H32/c1-3-4-5-18-6-8-19(9-7-18)10-11-21-15-12-20(2,13-16-21)14-17-21/h6-9H,3-5,10-17H2,1-2H3. The second kappa shape index (κ2) is 6.15. The van der Waals surface area contributed by atoms with Crippen molar-refractivity contribution < 1.29 is 0 Å². The summed E-state index contributed by atoms with van der Waals surface area (Å²) in [5.74, 6) is 0. The molecule has 0 nitrogen and oxygen atoms in total. The van der Waals surface area contributed by atoms with Crippen LogP contribution in [-0.2, 0) is 12.8 Å². The Kier molecular flexibility index (Phi) is 4.43. The lowest BCUT2D eigenvalue weighted by molar-refractivity contribution is -0.00226. The van der Waals surface area contributed by atoms with Crippen molar-refractivity contribution in [3.8, 4) is 0 Å². The molecule has 0 aliphatic heterocycles. The van der Waals surface area contributed by atoms with Crippen LogP contribution in [0.15, 0.2) is 24.3 Å². The molecule has 0 saturated heterocycles. The SMILES string of the molecule is CCCCc1ccc(CCC23CCC(C)(CC2)CC3)cc1. The van der Waals surface area contributed by atoms with Gasteiger partial charge in [-0.3, -0.25) is 0 Å². The number of hydrogen-bond donors (Lipinski definition) is 0. The Bertz CT molecular complexity index is 429. The average Bonchev–Trinajstić information content (AvgIpc) is 2.53. The van der Waals surface area contributed by atoms with Gasteiger partial charge < -0.3 is 0 Å². The van der Waals surface area contributed by atoms with Crippen LogP contribution in [0.3, 0.4) is 0 Å². The average molecular weight is 284 g/mol. The Morgan fingerprint density at radius 2 is 1.33 bits per heavy atom. The van der Waals surface area contributed by atoms with Crippen molar-refractivity contribution in [1.29, 1.82) is 0 Å². The van der Waals surface area contributed by atoms with Gasteiger partial charge in [-0.15, -0.1) is 0 Å². The van der Waals surface area contributed by atoms with E-state index >= 15 is 0 Å². The molecule has 1 aromatic carbocycles. The van der Waals surface area contributed by atoms with Gasteiger partial charge in [0.1, 0.15) is 0 Å². The van der Waals surface area contributed by atoms with Crippen molar-refractivity contribution in [2.75, 3.05) is 0 Å². The van der Waals surface area contributed by atoms with E-state index in [1.165, 1.54) is 76.2 Å². The molecular weight excluding hydrogens is 252 g/mol. The van der Waals surface area contributed by atoms with Gasteiger partial charge in [-0.05, 0) is 86.2 Å². The third kappa shape index (κ3) is 3.52. The molecule has 0 heterocycles. The normalized spacial score (nSPS) is 31.5. The fourth-order valence-corrected chi connectivity index (χ4v) is 4.49. The smallest absolute Gasteiger partial charge is 0.0274 e. The molecule has 0 aromatic heterocycles. The maximum absolute atomic E-state index is 2.52. The third-order valence-electron chi connectivity index (χ3n) is 6.56. The molecule has 116 valence electrons. The van der Waals surface area contributed by atoms with Crippen LogP contribution >= 0.6 is 0 Å². The summed E-state index contributed by atoms with van der Waals surface area (Å²) in [5, 5.41) is 0. The van der Waals surface area contributed by atoms with Crippen molar-refractivity contribution >= 4 is 0 Å².